The summed E-state index contributed by atoms with van der Waals surface area (Å²) in [6.07, 6.45) is 2.25. The quantitative estimate of drug-likeness (QED) is 0.450. The van der Waals surface area contributed by atoms with Gasteiger partial charge in [0.1, 0.15) is 10.6 Å². The third-order valence-corrected chi connectivity index (χ3v) is 5.18. The molecule has 2 aromatic heterocycles. The highest BCUT2D eigenvalue weighted by atomic mass is 32.1. The first-order chi connectivity index (χ1) is 13.3. The number of rotatable bonds is 4. The molecule has 5 N–H and O–H groups in total. The number of Topliss-reactive ketones (excluding diaryl/α,β-unsaturated/α-hetero) is 2. The van der Waals surface area contributed by atoms with Crippen LogP contribution in [-0.4, -0.2) is 27.6 Å². The summed E-state index contributed by atoms with van der Waals surface area (Å²) in [6.45, 7) is 4.57. The van der Waals surface area contributed by atoms with Crippen molar-refractivity contribution in [1.29, 1.82) is 0 Å². The number of hydrogen-bond donors (Lipinski definition) is 3. The minimum absolute atomic E-state index is 0.0641. The Morgan fingerprint density at radius 2 is 1.82 bits per heavy atom. The lowest BCUT2D eigenvalue weighted by Gasteiger charge is -2.09. The Balaban J connectivity index is 0.000000516. The number of hydrogen-bond acceptors (Lipinski definition) is 8. The standard InChI is InChI=1S/C17H17N5OS.C3H6O/c1-8(23)15-13(19)12-14(9-3-2-4-10(18)7-9)21-17(20-11-5-6-11)22-16(12)24-15;1-3(2)4/h2-4,7,11H,5-6,18-19H2,1H3,(H,20,21,22);1-2H3. The zero-order valence-corrected chi connectivity index (χ0v) is 16.9. The van der Waals surface area contributed by atoms with E-state index in [4.69, 9.17) is 11.5 Å². The lowest BCUT2D eigenvalue weighted by Crippen LogP contribution is -2.06. The first-order valence-corrected chi connectivity index (χ1v) is 9.78. The molecular weight excluding hydrogens is 374 g/mol. The average Bonchev–Trinajstić information content (AvgIpc) is 3.35. The summed E-state index contributed by atoms with van der Waals surface area (Å²) >= 11 is 1.31. The molecule has 2 heterocycles. The van der Waals surface area contributed by atoms with E-state index in [0.717, 1.165) is 23.8 Å². The number of carbonyl (C=O) groups is 2. The van der Waals surface area contributed by atoms with E-state index in [0.29, 0.717) is 38.8 Å². The SMILES string of the molecule is CC(=O)c1sc2nc(NC3CC3)nc(-c3cccc(N)c3)c2c1N.CC(C)=O. The molecule has 1 saturated carbocycles. The van der Waals surface area contributed by atoms with Crippen LogP contribution in [0, 0.1) is 0 Å². The fourth-order valence-electron chi connectivity index (χ4n) is 2.65. The number of nitrogens with one attached hydrogen (secondary N) is 1. The lowest BCUT2D eigenvalue weighted by molar-refractivity contribution is -0.115. The minimum atomic E-state index is -0.0641. The van der Waals surface area contributed by atoms with E-state index in [1.165, 1.54) is 32.1 Å². The number of fused-ring (bicyclic) bond motifs is 1. The Kier molecular flexibility index (Phi) is 5.60. The van der Waals surface area contributed by atoms with Gasteiger partial charge >= 0.3 is 0 Å². The summed E-state index contributed by atoms with van der Waals surface area (Å²) in [7, 11) is 0. The van der Waals surface area contributed by atoms with Crippen molar-refractivity contribution in [2.75, 3.05) is 16.8 Å². The van der Waals surface area contributed by atoms with Crippen LogP contribution in [0.15, 0.2) is 24.3 Å². The molecule has 0 saturated heterocycles. The lowest BCUT2D eigenvalue weighted by atomic mass is 10.1. The number of nitrogens with zero attached hydrogens (tertiary/aromatic N) is 2. The van der Waals surface area contributed by atoms with Gasteiger partial charge in [-0.1, -0.05) is 12.1 Å². The maximum atomic E-state index is 11.9. The van der Waals surface area contributed by atoms with Gasteiger partial charge < -0.3 is 21.6 Å². The Hall–Kier alpha value is -3.00. The number of thiophene rings is 1. The fourth-order valence-corrected chi connectivity index (χ4v) is 3.64. The van der Waals surface area contributed by atoms with Crippen molar-refractivity contribution in [2.24, 2.45) is 0 Å². The highest BCUT2D eigenvalue weighted by Crippen LogP contribution is 2.40. The third-order valence-electron chi connectivity index (χ3n) is 3.98. The van der Waals surface area contributed by atoms with E-state index in [9.17, 15) is 9.59 Å². The van der Waals surface area contributed by atoms with E-state index < -0.39 is 0 Å². The molecule has 0 aliphatic heterocycles. The predicted octanol–water partition coefficient (Wildman–Crippen LogP) is 3.89. The van der Waals surface area contributed by atoms with Crippen LogP contribution in [0.3, 0.4) is 0 Å². The Labute approximate surface area is 167 Å². The molecule has 0 unspecified atom stereocenters. The number of nitrogen functional groups attached to an aromatic ring is 2. The maximum absolute atomic E-state index is 11.9. The molecular formula is C20H23N5O2S. The molecule has 1 aliphatic carbocycles. The summed E-state index contributed by atoms with van der Waals surface area (Å²) < 4.78 is 0. The molecule has 8 heteroatoms. The first-order valence-electron chi connectivity index (χ1n) is 8.96. The molecule has 0 amide bonds. The Morgan fingerprint density at radius 1 is 1.14 bits per heavy atom. The number of ketones is 2. The first kappa shape index (κ1) is 19.8. The van der Waals surface area contributed by atoms with Gasteiger partial charge in [0.05, 0.1) is 21.6 Å². The van der Waals surface area contributed by atoms with Crippen molar-refractivity contribution in [3.63, 3.8) is 0 Å². The van der Waals surface area contributed by atoms with Crippen molar-refractivity contribution in [3.05, 3.63) is 29.1 Å². The molecule has 1 aromatic carbocycles. The molecule has 146 valence electrons. The minimum Gasteiger partial charge on any atom is -0.399 e. The molecule has 0 atom stereocenters. The van der Waals surface area contributed by atoms with Crippen molar-refractivity contribution in [2.45, 2.75) is 39.7 Å². The predicted molar refractivity (Wildman–Crippen MR) is 115 cm³/mol. The van der Waals surface area contributed by atoms with Crippen molar-refractivity contribution < 1.29 is 9.59 Å². The van der Waals surface area contributed by atoms with Crippen molar-refractivity contribution in [3.8, 4) is 11.3 Å². The zero-order valence-electron chi connectivity index (χ0n) is 16.1. The van der Waals surface area contributed by atoms with Crippen LogP contribution >= 0.6 is 11.3 Å². The van der Waals surface area contributed by atoms with Crippen LogP contribution in [0.2, 0.25) is 0 Å². The van der Waals surface area contributed by atoms with E-state index in [1.54, 1.807) is 0 Å². The Bertz CT molecular complexity index is 1050. The largest absolute Gasteiger partial charge is 0.399 e. The van der Waals surface area contributed by atoms with Gasteiger partial charge in [-0.15, -0.1) is 11.3 Å². The number of nitrogens with two attached hydrogens (primary N) is 2. The van der Waals surface area contributed by atoms with Gasteiger partial charge in [-0.05, 0) is 38.8 Å². The number of carbonyl (C=O) groups excluding carboxylic acids is 2. The molecule has 4 rings (SSSR count). The third kappa shape index (κ3) is 4.45. The van der Waals surface area contributed by atoms with Crippen molar-refractivity contribution in [1.82, 2.24) is 9.97 Å². The van der Waals surface area contributed by atoms with E-state index in [-0.39, 0.29) is 11.6 Å². The number of benzene rings is 1. The molecule has 0 spiro atoms. The highest BCUT2D eigenvalue weighted by Gasteiger charge is 2.25. The van der Waals surface area contributed by atoms with Gasteiger partial charge in [0.15, 0.2) is 5.78 Å². The van der Waals surface area contributed by atoms with E-state index in [2.05, 4.69) is 15.3 Å². The summed E-state index contributed by atoms with van der Waals surface area (Å²) in [5, 5.41) is 4.04. The number of anilines is 3. The second kappa shape index (κ2) is 7.93. The topological polar surface area (TPSA) is 124 Å². The van der Waals surface area contributed by atoms with Crippen LogP contribution in [0.5, 0.6) is 0 Å². The van der Waals surface area contributed by atoms with Crippen LogP contribution < -0.4 is 16.8 Å². The molecule has 0 bridgehead atoms. The molecule has 1 fully saturated rings. The fraction of sp³-hybridized carbons (Fsp3) is 0.300. The van der Waals surface area contributed by atoms with E-state index in [1.807, 2.05) is 24.3 Å². The van der Waals surface area contributed by atoms with Gasteiger partial charge in [-0.2, -0.15) is 0 Å². The molecule has 7 nitrogen and oxygen atoms in total. The highest BCUT2D eigenvalue weighted by molar-refractivity contribution is 7.21. The monoisotopic (exact) mass is 397 g/mol. The van der Waals surface area contributed by atoms with Gasteiger partial charge in [-0.25, -0.2) is 9.97 Å². The second-order valence-corrected chi connectivity index (χ2v) is 7.93. The zero-order chi connectivity index (χ0) is 20.4. The smallest absolute Gasteiger partial charge is 0.224 e. The molecule has 3 aromatic rings. The molecule has 28 heavy (non-hydrogen) atoms. The number of aromatic nitrogens is 2. The van der Waals surface area contributed by atoms with Crippen LogP contribution in [-0.2, 0) is 4.79 Å². The molecule has 0 radical (unpaired) electrons. The van der Waals surface area contributed by atoms with Crippen LogP contribution in [0.1, 0.15) is 43.3 Å². The molecule has 1 aliphatic rings. The maximum Gasteiger partial charge on any atom is 0.224 e. The second-order valence-electron chi connectivity index (χ2n) is 6.93. The van der Waals surface area contributed by atoms with Gasteiger partial charge in [0.2, 0.25) is 5.95 Å². The van der Waals surface area contributed by atoms with Crippen LogP contribution in [0.4, 0.5) is 17.3 Å². The summed E-state index contributed by atoms with van der Waals surface area (Å²) in [5.41, 5.74) is 14.8. The van der Waals surface area contributed by atoms with Crippen LogP contribution in [0.25, 0.3) is 21.5 Å². The summed E-state index contributed by atoms with van der Waals surface area (Å²) in [6, 6.07) is 7.92. The van der Waals surface area contributed by atoms with Gasteiger partial charge in [0.25, 0.3) is 0 Å². The normalized spacial score (nSPS) is 13.0. The van der Waals surface area contributed by atoms with Gasteiger partial charge in [0, 0.05) is 24.2 Å². The van der Waals surface area contributed by atoms with Gasteiger partial charge in [-0.3, -0.25) is 4.79 Å². The Morgan fingerprint density at radius 3 is 2.39 bits per heavy atom. The summed E-state index contributed by atoms with van der Waals surface area (Å²) in [4.78, 5) is 31.8. The summed E-state index contributed by atoms with van der Waals surface area (Å²) in [5.74, 6) is 0.671. The van der Waals surface area contributed by atoms with E-state index >= 15 is 0 Å². The average molecular weight is 398 g/mol. The van der Waals surface area contributed by atoms with Crippen molar-refractivity contribution >= 4 is 50.4 Å².